The standard InChI is InChI=1S/C15H22FNO/c1-10-8-12(9-11(2)14(10)16)15(17-3)13-6-4-5-7-18-13/h8-9,13,15,17H,4-7H2,1-3H3. The molecule has 2 unspecified atom stereocenters. The van der Waals surface area contributed by atoms with Crippen LogP contribution in [0.5, 0.6) is 0 Å². The molecule has 0 saturated carbocycles. The third-order valence-electron chi connectivity index (χ3n) is 3.72. The minimum absolute atomic E-state index is 0.0989. The van der Waals surface area contributed by atoms with E-state index in [2.05, 4.69) is 5.32 Å². The number of likely N-dealkylation sites (N-methyl/N-ethyl adjacent to an activating group) is 1. The summed E-state index contributed by atoms with van der Waals surface area (Å²) in [5.41, 5.74) is 2.54. The highest BCUT2D eigenvalue weighted by molar-refractivity contribution is 5.33. The summed E-state index contributed by atoms with van der Waals surface area (Å²) in [7, 11) is 1.94. The van der Waals surface area contributed by atoms with E-state index in [4.69, 9.17) is 4.74 Å². The second kappa shape index (κ2) is 5.81. The maximum absolute atomic E-state index is 13.7. The molecule has 2 atom stereocenters. The largest absolute Gasteiger partial charge is 0.376 e. The van der Waals surface area contributed by atoms with Gasteiger partial charge in [0.15, 0.2) is 0 Å². The highest BCUT2D eigenvalue weighted by atomic mass is 19.1. The van der Waals surface area contributed by atoms with Gasteiger partial charge in [0.1, 0.15) is 5.82 Å². The van der Waals surface area contributed by atoms with Gasteiger partial charge in [-0.2, -0.15) is 0 Å². The summed E-state index contributed by atoms with van der Waals surface area (Å²) in [6.45, 7) is 4.47. The molecule has 18 heavy (non-hydrogen) atoms. The van der Waals surface area contributed by atoms with Gasteiger partial charge >= 0.3 is 0 Å². The number of nitrogens with one attached hydrogen (secondary N) is 1. The molecule has 0 spiro atoms. The summed E-state index contributed by atoms with van der Waals surface area (Å²) in [6, 6.07) is 4.02. The van der Waals surface area contributed by atoms with Crippen LogP contribution in [0.2, 0.25) is 0 Å². The predicted molar refractivity (Wildman–Crippen MR) is 71.3 cm³/mol. The Morgan fingerprint density at radius 2 is 1.94 bits per heavy atom. The summed E-state index contributed by atoms with van der Waals surface area (Å²) in [5, 5.41) is 3.31. The van der Waals surface area contributed by atoms with Crippen LogP contribution in [-0.4, -0.2) is 19.8 Å². The maximum atomic E-state index is 13.7. The van der Waals surface area contributed by atoms with E-state index < -0.39 is 0 Å². The smallest absolute Gasteiger partial charge is 0.129 e. The Labute approximate surface area is 109 Å². The van der Waals surface area contributed by atoms with Gasteiger partial charge < -0.3 is 10.1 Å². The molecule has 1 fully saturated rings. The van der Waals surface area contributed by atoms with E-state index in [1.54, 1.807) is 0 Å². The molecule has 1 aliphatic heterocycles. The highest BCUT2D eigenvalue weighted by Crippen LogP contribution is 2.28. The van der Waals surface area contributed by atoms with Crippen LogP contribution in [0.1, 0.15) is 42.0 Å². The summed E-state index contributed by atoms with van der Waals surface area (Å²) < 4.78 is 19.5. The number of hydrogen-bond acceptors (Lipinski definition) is 2. The fourth-order valence-electron chi connectivity index (χ4n) is 2.75. The quantitative estimate of drug-likeness (QED) is 0.890. The van der Waals surface area contributed by atoms with E-state index in [9.17, 15) is 4.39 Å². The lowest BCUT2D eigenvalue weighted by molar-refractivity contribution is -0.00665. The number of ether oxygens (including phenoxy) is 1. The van der Waals surface area contributed by atoms with Gasteiger partial charge in [-0.25, -0.2) is 4.39 Å². The molecule has 0 aromatic heterocycles. The Balaban J connectivity index is 2.26. The van der Waals surface area contributed by atoms with Crippen molar-refractivity contribution in [3.63, 3.8) is 0 Å². The van der Waals surface area contributed by atoms with Crippen LogP contribution in [0, 0.1) is 19.7 Å². The Bertz CT molecular complexity index is 390. The maximum Gasteiger partial charge on any atom is 0.129 e. The van der Waals surface area contributed by atoms with Crippen molar-refractivity contribution in [2.24, 2.45) is 0 Å². The topological polar surface area (TPSA) is 21.3 Å². The molecule has 0 bridgehead atoms. The summed E-state index contributed by atoms with van der Waals surface area (Å²) in [6.07, 6.45) is 3.63. The van der Waals surface area contributed by atoms with E-state index in [1.807, 2.05) is 33.0 Å². The molecule has 100 valence electrons. The van der Waals surface area contributed by atoms with Crippen molar-refractivity contribution >= 4 is 0 Å². The minimum atomic E-state index is -0.0989. The van der Waals surface area contributed by atoms with Gasteiger partial charge in [-0.3, -0.25) is 0 Å². The molecule has 1 heterocycles. The van der Waals surface area contributed by atoms with Crippen molar-refractivity contribution < 1.29 is 9.13 Å². The van der Waals surface area contributed by atoms with Crippen LogP contribution < -0.4 is 5.32 Å². The van der Waals surface area contributed by atoms with Crippen molar-refractivity contribution in [2.75, 3.05) is 13.7 Å². The first-order valence-corrected chi connectivity index (χ1v) is 6.69. The predicted octanol–water partition coefficient (Wildman–Crippen LogP) is 3.27. The lowest BCUT2D eigenvalue weighted by atomic mass is 9.93. The van der Waals surface area contributed by atoms with Crippen molar-refractivity contribution in [2.45, 2.75) is 45.3 Å². The number of aryl methyl sites for hydroxylation is 2. The molecule has 1 aromatic carbocycles. The summed E-state index contributed by atoms with van der Waals surface area (Å²) in [5.74, 6) is -0.0989. The molecule has 2 rings (SSSR count). The van der Waals surface area contributed by atoms with E-state index >= 15 is 0 Å². The molecule has 2 nitrogen and oxygen atoms in total. The Morgan fingerprint density at radius 3 is 2.44 bits per heavy atom. The second-order valence-electron chi connectivity index (χ2n) is 5.14. The number of halogens is 1. The fourth-order valence-corrected chi connectivity index (χ4v) is 2.75. The van der Waals surface area contributed by atoms with E-state index in [-0.39, 0.29) is 18.0 Å². The third kappa shape index (κ3) is 2.73. The van der Waals surface area contributed by atoms with Crippen LogP contribution in [0.3, 0.4) is 0 Å². The molecule has 0 aliphatic carbocycles. The van der Waals surface area contributed by atoms with Gasteiger partial charge in [0.25, 0.3) is 0 Å². The van der Waals surface area contributed by atoms with Crippen LogP contribution in [0.4, 0.5) is 4.39 Å². The summed E-state index contributed by atoms with van der Waals surface area (Å²) in [4.78, 5) is 0. The van der Waals surface area contributed by atoms with E-state index in [0.717, 1.165) is 25.0 Å². The van der Waals surface area contributed by atoms with Crippen molar-refractivity contribution in [1.29, 1.82) is 0 Å². The Morgan fingerprint density at radius 1 is 1.28 bits per heavy atom. The van der Waals surface area contributed by atoms with Gasteiger partial charge in [0.05, 0.1) is 12.1 Å². The van der Waals surface area contributed by atoms with Crippen molar-refractivity contribution in [3.8, 4) is 0 Å². The second-order valence-corrected chi connectivity index (χ2v) is 5.14. The van der Waals surface area contributed by atoms with Crippen LogP contribution in [0.25, 0.3) is 0 Å². The van der Waals surface area contributed by atoms with Gasteiger partial charge in [0.2, 0.25) is 0 Å². The minimum Gasteiger partial charge on any atom is -0.376 e. The molecule has 1 N–H and O–H groups in total. The average Bonchev–Trinajstić information content (AvgIpc) is 2.38. The van der Waals surface area contributed by atoms with Gasteiger partial charge in [0, 0.05) is 6.61 Å². The number of rotatable bonds is 3. The molecule has 0 radical (unpaired) electrons. The molecular weight excluding hydrogens is 229 g/mol. The zero-order chi connectivity index (χ0) is 13.1. The van der Waals surface area contributed by atoms with Gasteiger partial charge in [-0.15, -0.1) is 0 Å². The van der Waals surface area contributed by atoms with E-state index in [1.165, 1.54) is 6.42 Å². The monoisotopic (exact) mass is 251 g/mol. The SMILES string of the molecule is CNC(c1cc(C)c(F)c(C)c1)C1CCCCO1. The molecular formula is C15H22FNO. The molecule has 0 amide bonds. The average molecular weight is 251 g/mol. The highest BCUT2D eigenvalue weighted by Gasteiger charge is 2.25. The van der Waals surface area contributed by atoms with Gasteiger partial charge in [-0.05, 0) is 56.8 Å². The third-order valence-corrected chi connectivity index (χ3v) is 3.72. The number of hydrogen-bond donors (Lipinski definition) is 1. The lowest BCUT2D eigenvalue weighted by Gasteiger charge is -2.31. The molecule has 3 heteroatoms. The first-order chi connectivity index (χ1) is 8.63. The van der Waals surface area contributed by atoms with Crippen LogP contribution in [0.15, 0.2) is 12.1 Å². The van der Waals surface area contributed by atoms with E-state index in [0.29, 0.717) is 11.1 Å². The van der Waals surface area contributed by atoms with Crippen LogP contribution >= 0.6 is 0 Å². The Hall–Kier alpha value is -0.930. The van der Waals surface area contributed by atoms with Crippen LogP contribution in [-0.2, 0) is 4.74 Å². The normalized spacial score (nSPS) is 21.9. The lowest BCUT2D eigenvalue weighted by Crippen LogP contribution is -2.34. The Kier molecular flexibility index (Phi) is 4.36. The number of benzene rings is 1. The first kappa shape index (κ1) is 13.5. The molecule has 1 aromatic rings. The van der Waals surface area contributed by atoms with Crippen molar-refractivity contribution in [3.05, 3.63) is 34.6 Å². The molecule has 1 saturated heterocycles. The zero-order valence-electron chi connectivity index (χ0n) is 11.4. The fraction of sp³-hybridized carbons (Fsp3) is 0.600. The zero-order valence-corrected chi connectivity index (χ0v) is 11.4. The van der Waals surface area contributed by atoms with Gasteiger partial charge in [-0.1, -0.05) is 12.1 Å². The molecule has 1 aliphatic rings. The first-order valence-electron chi connectivity index (χ1n) is 6.69. The van der Waals surface area contributed by atoms with Crippen molar-refractivity contribution in [1.82, 2.24) is 5.32 Å². The summed E-state index contributed by atoms with van der Waals surface area (Å²) >= 11 is 0.